The van der Waals surface area contributed by atoms with Gasteiger partial charge in [0.25, 0.3) is 5.91 Å². The summed E-state index contributed by atoms with van der Waals surface area (Å²) in [5.41, 5.74) is 1.55. The van der Waals surface area contributed by atoms with Gasteiger partial charge in [-0.1, -0.05) is 43.6 Å². The van der Waals surface area contributed by atoms with Gasteiger partial charge >= 0.3 is 0 Å². The van der Waals surface area contributed by atoms with E-state index in [0.717, 1.165) is 23.7 Å². The van der Waals surface area contributed by atoms with Gasteiger partial charge in [0.2, 0.25) is 0 Å². The summed E-state index contributed by atoms with van der Waals surface area (Å²) in [5.74, 6) is -0.141. The van der Waals surface area contributed by atoms with Gasteiger partial charge in [0, 0.05) is 11.6 Å². The van der Waals surface area contributed by atoms with Crippen LogP contribution in [0.25, 0.3) is 0 Å². The van der Waals surface area contributed by atoms with Gasteiger partial charge in [-0.2, -0.15) is 0 Å². The van der Waals surface area contributed by atoms with Crippen LogP contribution in [0.5, 0.6) is 0 Å². The predicted molar refractivity (Wildman–Crippen MR) is 88.2 cm³/mol. The maximum absolute atomic E-state index is 12.1. The Balaban J connectivity index is 2.15. The molecule has 5 heteroatoms. The third kappa shape index (κ3) is 3.90. The van der Waals surface area contributed by atoms with E-state index in [0.29, 0.717) is 12.1 Å². The van der Waals surface area contributed by atoms with Crippen molar-refractivity contribution >= 4 is 17.5 Å². The molecule has 0 radical (unpaired) electrons. The van der Waals surface area contributed by atoms with Crippen LogP contribution in [0.2, 0.25) is 5.02 Å². The van der Waals surface area contributed by atoms with Crippen molar-refractivity contribution in [2.45, 2.75) is 19.9 Å². The molecular weight excluding hydrogens is 300 g/mol. The summed E-state index contributed by atoms with van der Waals surface area (Å²) in [4.78, 5) is 14.4. The maximum atomic E-state index is 12.1. The van der Waals surface area contributed by atoms with Crippen LogP contribution in [0.3, 0.4) is 0 Å². The maximum Gasteiger partial charge on any atom is 0.254 e. The van der Waals surface area contributed by atoms with E-state index in [9.17, 15) is 4.79 Å². The van der Waals surface area contributed by atoms with Crippen LogP contribution in [-0.4, -0.2) is 30.4 Å². The van der Waals surface area contributed by atoms with E-state index in [-0.39, 0.29) is 11.9 Å². The highest BCUT2D eigenvalue weighted by Gasteiger charge is 2.21. The Hall–Kier alpha value is -1.78. The first-order chi connectivity index (χ1) is 10.7. The van der Waals surface area contributed by atoms with E-state index in [1.165, 1.54) is 12.5 Å². The molecule has 1 amide bonds. The zero-order valence-electron chi connectivity index (χ0n) is 12.9. The van der Waals surface area contributed by atoms with Gasteiger partial charge in [-0.25, -0.2) is 0 Å². The smallest absolute Gasteiger partial charge is 0.254 e. The molecule has 0 unspecified atom stereocenters. The van der Waals surface area contributed by atoms with Crippen molar-refractivity contribution in [3.8, 4) is 0 Å². The van der Waals surface area contributed by atoms with Crippen molar-refractivity contribution in [3.63, 3.8) is 0 Å². The van der Waals surface area contributed by atoms with Crippen LogP contribution >= 0.6 is 11.6 Å². The Labute approximate surface area is 136 Å². The van der Waals surface area contributed by atoms with E-state index in [2.05, 4.69) is 24.1 Å². The summed E-state index contributed by atoms with van der Waals surface area (Å²) in [6.07, 6.45) is 2.93. The third-order valence-corrected chi connectivity index (χ3v) is 4.10. The quantitative estimate of drug-likeness (QED) is 0.845. The van der Waals surface area contributed by atoms with Crippen molar-refractivity contribution in [3.05, 3.63) is 59.0 Å². The number of nitrogens with zero attached hydrogens (tertiary/aromatic N) is 1. The molecule has 0 aliphatic heterocycles. The molecule has 4 nitrogen and oxygen atoms in total. The van der Waals surface area contributed by atoms with Gasteiger partial charge in [0.15, 0.2) is 0 Å². The van der Waals surface area contributed by atoms with Gasteiger partial charge in [-0.05, 0) is 30.8 Å². The molecule has 1 heterocycles. The van der Waals surface area contributed by atoms with Crippen LogP contribution in [0.4, 0.5) is 0 Å². The van der Waals surface area contributed by atoms with E-state index in [4.69, 9.17) is 16.0 Å². The number of nitrogens with one attached hydrogen (secondary N) is 1. The fourth-order valence-corrected chi connectivity index (χ4v) is 2.79. The second-order valence-electron chi connectivity index (χ2n) is 4.98. The minimum atomic E-state index is -0.141. The van der Waals surface area contributed by atoms with Gasteiger partial charge in [-0.3, -0.25) is 9.69 Å². The molecule has 1 aromatic heterocycles. The number of halogens is 1. The van der Waals surface area contributed by atoms with Crippen LogP contribution in [0, 0.1) is 0 Å². The highest BCUT2D eigenvalue weighted by molar-refractivity contribution is 6.31. The molecule has 118 valence electrons. The Morgan fingerprint density at radius 2 is 2.00 bits per heavy atom. The Morgan fingerprint density at radius 3 is 2.59 bits per heavy atom. The molecule has 1 N–H and O–H groups in total. The zero-order chi connectivity index (χ0) is 15.9. The first-order valence-corrected chi connectivity index (χ1v) is 7.84. The number of furan rings is 1. The minimum absolute atomic E-state index is 0.0413. The zero-order valence-corrected chi connectivity index (χ0v) is 13.6. The summed E-state index contributed by atoms with van der Waals surface area (Å²) >= 11 is 6.34. The van der Waals surface area contributed by atoms with Crippen molar-refractivity contribution in [1.29, 1.82) is 0 Å². The van der Waals surface area contributed by atoms with E-state index < -0.39 is 0 Å². The number of likely N-dealkylation sites (N-methyl/N-ethyl adjacent to an activating group) is 1. The lowest BCUT2D eigenvalue weighted by Gasteiger charge is -2.30. The van der Waals surface area contributed by atoms with Crippen molar-refractivity contribution < 1.29 is 9.21 Å². The molecule has 0 aliphatic carbocycles. The summed E-state index contributed by atoms with van der Waals surface area (Å²) in [6, 6.07) is 9.46. The largest absolute Gasteiger partial charge is 0.472 e. The molecule has 1 aromatic carbocycles. The van der Waals surface area contributed by atoms with Crippen LogP contribution in [0.15, 0.2) is 47.3 Å². The number of amides is 1. The lowest BCUT2D eigenvalue weighted by atomic mass is 10.0. The second-order valence-corrected chi connectivity index (χ2v) is 5.39. The molecule has 22 heavy (non-hydrogen) atoms. The van der Waals surface area contributed by atoms with Crippen molar-refractivity contribution in [2.24, 2.45) is 0 Å². The summed E-state index contributed by atoms with van der Waals surface area (Å²) in [5, 5.41) is 3.68. The van der Waals surface area contributed by atoms with E-state index >= 15 is 0 Å². The number of benzene rings is 1. The average molecular weight is 321 g/mol. The fourth-order valence-electron chi connectivity index (χ4n) is 2.53. The topological polar surface area (TPSA) is 45.5 Å². The van der Waals surface area contributed by atoms with Gasteiger partial charge in [0.05, 0.1) is 17.9 Å². The normalized spacial score (nSPS) is 12.4. The van der Waals surface area contributed by atoms with Crippen LogP contribution < -0.4 is 5.32 Å². The minimum Gasteiger partial charge on any atom is -0.472 e. The Bertz CT molecular complexity index is 594. The standard InChI is InChI=1S/C17H21ClN2O2/c1-3-20(4-2)16(14-7-5-6-8-15(14)18)11-19-17(21)13-9-10-22-12-13/h5-10,12,16H,3-4,11H2,1-2H3,(H,19,21)/t16-/m1/s1. The van der Waals surface area contributed by atoms with Crippen LogP contribution in [0.1, 0.15) is 35.8 Å². The number of rotatable bonds is 7. The highest BCUT2D eigenvalue weighted by atomic mass is 35.5. The van der Waals surface area contributed by atoms with Gasteiger partial charge in [0.1, 0.15) is 6.26 Å². The number of carbonyl (C=O) groups excluding carboxylic acids is 1. The predicted octanol–water partition coefficient (Wildman–Crippen LogP) is 3.75. The summed E-state index contributed by atoms with van der Waals surface area (Å²) < 4.78 is 4.94. The first-order valence-electron chi connectivity index (χ1n) is 7.46. The molecule has 0 spiro atoms. The molecular formula is C17H21ClN2O2. The van der Waals surface area contributed by atoms with Gasteiger partial charge in [-0.15, -0.1) is 0 Å². The van der Waals surface area contributed by atoms with Crippen molar-refractivity contribution in [1.82, 2.24) is 10.2 Å². The third-order valence-electron chi connectivity index (χ3n) is 3.76. The second kappa shape index (κ2) is 8.01. The number of carbonyl (C=O) groups is 1. The molecule has 2 aromatic rings. The molecule has 0 fully saturated rings. The van der Waals surface area contributed by atoms with Crippen LogP contribution in [-0.2, 0) is 0 Å². The molecule has 0 aliphatic rings. The lowest BCUT2D eigenvalue weighted by molar-refractivity contribution is 0.0934. The molecule has 2 rings (SSSR count). The fraction of sp³-hybridized carbons (Fsp3) is 0.353. The lowest BCUT2D eigenvalue weighted by Crippen LogP contribution is -2.38. The molecule has 0 saturated heterocycles. The van der Waals surface area contributed by atoms with E-state index in [1.807, 2.05) is 24.3 Å². The van der Waals surface area contributed by atoms with Gasteiger partial charge < -0.3 is 9.73 Å². The summed E-state index contributed by atoms with van der Waals surface area (Å²) in [6.45, 7) is 6.47. The molecule has 1 atom stereocenters. The van der Waals surface area contributed by atoms with E-state index in [1.54, 1.807) is 6.07 Å². The first kappa shape index (κ1) is 16.6. The molecule has 0 bridgehead atoms. The highest BCUT2D eigenvalue weighted by Crippen LogP contribution is 2.27. The monoisotopic (exact) mass is 320 g/mol. The average Bonchev–Trinajstić information content (AvgIpc) is 3.06. The Morgan fingerprint density at radius 1 is 1.27 bits per heavy atom. The Kier molecular flexibility index (Phi) is 6.04. The SMILES string of the molecule is CCN(CC)[C@H](CNC(=O)c1ccoc1)c1ccccc1Cl. The molecule has 0 saturated carbocycles. The number of hydrogen-bond donors (Lipinski definition) is 1. The van der Waals surface area contributed by atoms with Crippen molar-refractivity contribution in [2.75, 3.05) is 19.6 Å². The number of hydrogen-bond acceptors (Lipinski definition) is 3. The summed E-state index contributed by atoms with van der Waals surface area (Å²) in [7, 11) is 0.